The Hall–Kier alpha value is -2.07. The Kier molecular flexibility index (Phi) is 3.95. The molecule has 2 aromatic carbocycles. The second-order valence-electron chi connectivity index (χ2n) is 3.88. The lowest BCUT2D eigenvalue weighted by Gasteiger charge is -2.08. The highest BCUT2D eigenvalue weighted by Crippen LogP contribution is 2.32. The Balaban J connectivity index is 2.47. The fraction of sp³-hybridized carbons (Fsp3) is 0. The third-order valence-electron chi connectivity index (χ3n) is 2.50. The fourth-order valence-corrected chi connectivity index (χ4v) is 2.35. The van der Waals surface area contributed by atoms with Crippen LogP contribution in [0.1, 0.15) is 5.56 Å². The summed E-state index contributed by atoms with van der Waals surface area (Å²) in [5.74, 6) is -0.0626. The Morgan fingerprint density at radius 2 is 1.90 bits per heavy atom. The first kappa shape index (κ1) is 14.3. The van der Waals surface area contributed by atoms with Crippen molar-refractivity contribution < 1.29 is 12.6 Å². The van der Waals surface area contributed by atoms with Gasteiger partial charge in [-0.15, -0.1) is 0 Å². The maximum atomic E-state index is 10.9. The minimum absolute atomic E-state index is 0.0626. The molecule has 0 heterocycles. The minimum Gasteiger partial charge on any atom is -0.369 e. The lowest BCUT2D eigenvalue weighted by atomic mass is 10.0. The number of rotatable bonds is 3. The van der Waals surface area contributed by atoms with Crippen molar-refractivity contribution in [2.75, 3.05) is 0 Å². The normalized spacial score (nSPS) is 10.8. The molecule has 0 saturated heterocycles. The molecule has 0 aliphatic heterocycles. The number of hydrogen-bond donors (Lipinski definition) is 1. The predicted molar refractivity (Wildman–Crippen MR) is 75.3 cm³/mol. The molecule has 0 unspecified atom stereocenters. The lowest BCUT2D eigenvalue weighted by Crippen LogP contribution is -2.19. The third kappa shape index (κ3) is 3.27. The molecule has 0 aliphatic rings. The van der Waals surface area contributed by atoms with E-state index in [-0.39, 0.29) is 10.8 Å². The first-order valence-corrected chi connectivity index (χ1v) is 7.27. The van der Waals surface area contributed by atoms with E-state index in [1.54, 1.807) is 30.3 Å². The van der Waals surface area contributed by atoms with Gasteiger partial charge in [0.15, 0.2) is 5.75 Å². The molecule has 2 aromatic rings. The van der Waals surface area contributed by atoms with Crippen molar-refractivity contribution in [2.45, 2.75) is 0 Å². The van der Waals surface area contributed by atoms with Crippen molar-refractivity contribution in [3.8, 4) is 22.9 Å². The summed E-state index contributed by atoms with van der Waals surface area (Å²) in [5.41, 5.74) is 1.86. The zero-order valence-corrected chi connectivity index (χ0v) is 11.6. The van der Waals surface area contributed by atoms with E-state index in [1.165, 1.54) is 12.1 Å². The monoisotopic (exact) mass is 308 g/mol. The standard InChI is InChI=1S/C13H9ClN2O3S/c14-12-7-9(5-6-13(12)19-20(16,17)18)11-4-2-1-3-10(11)8-15/h1-7H,(H2,16,17,18). The van der Waals surface area contributed by atoms with Crippen LogP contribution in [0.25, 0.3) is 11.1 Å². The molecule has 2 N–H and O–H groups in total. The predicted octanol–water partition coefficient (Wildman–Crippen LogP) is 2.46. The van der Waals surface area contributed by atoms with Gasteiger partial charge >= 0.3 is 10.3 Å². The quantitative estimate of drug-likeness (QED) is 0.942. The molecule has 20 heavy (non-hydrogen) atoms. The summed E-state index contributed by atoms with van der Waals surface area (Å²) in [4.78, 5) is 0. The van der Waals surface area contributed by atoms with Crippen LogP contribution in [0.2, 0.25) is 5.02 Å². The van der Waals surface area contributed by atoms with Crippen molar-refractivity contribution in [3.63, 3.8) is 0 Å². The van der Waals surface area contributed by atoms with Gasteiger partial charge in [-0.2, -0.15) is 18.8 Å². The summed E-state index contributed by atoms with van der Waals surface area (Å²) in [6, 6.07) is 13.6. The second kappa shape index (κ2) is 5.51. The average molecular weight is 309 g/mol. The van der Waals surface area contributed by atoms with Crippen LogP contribution in [-0.4, -0.2) is 8.42 Å². The number of hydrogen-bond acceptors (Lipinski definition) is 4. The SMILES string of the molecule is N#Cc1ccccc1-c1ccc(OS(N)(=O)=O)c(Cl)c1. The fourth-order valence-electron chi connectivity index (χ4n) is 1.69. The molecule has 0 spiro atoms. The molecular weight excluding hydrogens is 300 g/mol. The molecular formula is C13H9ClN2O3S. The van der Waals surface area contributed by atoms with Gasteiger partial charge in [0.1, 0.15) is 0 Å². The summed E-state index contributed by atoms with van der Waals surface area (Å²) in [6.45, 7) is 0. The van der Waals surface area contributed by atoms with Gasteiger partial charge in [0.05, 0.1) is 16.7 Å². The van der Waals surface area contributed by atoms with Gasteiger partial charge in [0.25, 0.3) is 0 Å². The molecule has 0 bridgehead atoms. The van der Waals surface area contributed by atoms with Crippen molar-refractivity contribution >= 4 is 21.9 Å². The van der Waals surface area contributed by atoms with E-state index in [9.17, 15) is 8.42 Å². The summed E-state index contributed by atoms with van der Waals surface area (Å²) < 4.78 is 26.3. The summed E-state index contributed by atoms with van der Waals surface area (Å²) >= 11 is 5.95. The van der Waals surface area contributed by atoms with Crippen molar-refractivity contribution in [3.05, 3.63) is 53.1 Å². The molecule has 0 saturated carbocycles. The van der Waals surface area contributed by atoms with E-state index >= 15 is 0 Å². The van der Waals surface area contributed by atoms with E-state index in [0.717, 1.165) is 0 Å². The number of nitrogens with zero attached hydrogens (tertiary/aromatic N) is 1. The van der Waals surface area contributed by atoms with Crippen LogP contribution >= 0.6 is 11.6 Å². The molecule has 0 fully saturated rings. The second-order valence-corrected chi connectivity index (χ2v) is 5.44. The van der Waals surface area contributed by atoms with Gasteiger partial charge < -0.3 is 4.18 Å². The van der Waals surface area contributed by atoms with Crippen LogP contribution < -0.4 is 9.32 Å². The number of nitrogens with two attached hydrogens (primary N) is 1. The highest BCUT2D eigenvalue weighted by molar-refractivity contribution is 7.84. The van der Waals surface area contributed by atoms with E-state index in [0.29, 0.717) is 16.7 Å². The van der Waals surface area contributed by atoms with Crippen molar-refractivity contribution in [1.29, 1.82) is 5.26 Å². The van der Waals surface area contributed by atoms with E-state index in [2.05, 4.69) is 10.3 Å². The maximum absolute atomic E-state index is 10.9. The average Bonchev–Trinajstić information content (AvgIpc) is 2.39. The van der Waals surface area contributed by atoms with Crippen LogP contribution in [0, 0.1) is 11.3 Å². The highest BCUT2D eigenvalue weighted by Gasteiger charge is 2.11. The lowest BCUT2D eigenvalue weighted by molar-refractivity contribution is 0.488. The first-order valence-electron chi connectivity index (χ1n) is 5.42. The Morgan fingerprint density at radius 3 is 2.50 bits per heavy atom. The van der Waals surface area contributed by atoms with Gasteiger partial charge in [-0.1, -0.05) is 35.9 Å². The molecule has 0 atom stereocenters. The molecule has 0 aromatic heterocycles. The zero-order chi connectivity index (χ0) is 14.8. The minimum atomic E-state index is -4.13. The summed E-state index contributed by atoms with van der Waals surface area (Å²) in [6.07, 6.45) is 0. The Bertz CT molecular complexity index is 798. The smallest absolute Gasteiger partial charge is 0.369 e. The molecule has 0 radical (unpaired) electrons. The van der Waals surface area contributed by atoms with E-state index in [4.69, 9.17) is 22.0 Å². The van der Waals surface area contributed by atoms with Crippen LogP contribution in [0.15, 0.2) is 42.5 Å². The van der Waals surface area contributed by atoms with Gasteiger partial charge in [0, 0.05) is 0 Å². The highest BCUT2D eigenvalue weighted by atomic mass is 35.5. The maximum Gasteiger partial charge on any atom is 0.380 e. The van der Waals surface area contributed by atoms with Gasteiger partial charge in [-0.3, -0.25) is 0 Å². The van der Waals surface area contributed by atoms with Crippen LogP contribution in [0.3, 0.4) is 0 Å². The van der Waals surface area contributed by atoms with Gasteiger partial charge in [-0.05, 0) is 29.3 Å². The first-order chi connectivity index (χ1) is 9.40. The molecule has 5 nitrogen and oxygen atoms in total. The van der Waals surface area contributed by atoms with Crippen LogP contribution in [0.5, 0.6) is 5.75 Å². The molecule has 2 rings (SSSR count). The number of halogens is 1. The number of benzene rings is 2. The van der Waals surface area contributed by atoms with Crippen molar-refractivity contribution in [2.24, 2.45) is 5.14 Å². The molecule has 0 aliphatic carbocycles. The zero-order valence-electron chi connectivity index (χ0n) is 10.1. The Labute approximate surface area is 121 Å². The topological polar surface area (TPSA) is 93.2 Å². The van der Waals surface area contributed by atoms with E-state index in [1.807, 2.05) is 0 Å². The third-order valence-corrected chi connectivity index (χ3v) is 3.20. The van der Waals surface area contributed by atoms with Crippen LogP contribution in [-0.2, 0) is 10.3 Å². The molecule has 7 heteroatoms. The number of nitriles is 1. The summed E-state index contributed by atoms with van der Waals surface area (Å²) in [7, 11) is -4.13. The largest absolute Gasteiger partial charge is 0.380 e. The molecule has 102 valence electrons. The van der Waals surface area contributed by atoms with Gasteiger partial charge in [-0.25, -0.2) is 0 Å². The Morgan fingerprint density at radius 1 is 1.20 bits per heavy atom. The van der Waals surface area contributed by atoms with Gasteiger partial charge in [0.2, 0.25) is 0 Å². The van der Waals surface area contributed by atoms with Crippen LogP contribution in [0.4, 0.5) is 0 Å². The summed E-state index contributed by atoms with van der Waals surface area (Å²) in [5, 5.41) is 13.9. The van der Waals surface area contributed by atoms with Crippen molar-refractivity contribution in [1.82, 2.24) is 0 Å². The van der Waals surface area contributed by atoms with E-state index < -0.39 is 10.3 Å². The molecule has 0 amide bonds.